The van der Waals surface area contributed by atoms with Gasteiger partial charge in [0, 0.05) is 44.0 Å². The molecule has 2 fully saturated rings. The highest BCUT2D eigenvalue weighted by molar-refractivity contribution is 5.84. The van der Waals surface area contributed by atoms with Gasteiger partial charge < -0.3 is 10.2 Å². The molecule has 3 atom stereocenters. The normalized spacial score (nSPS) is 26.4. The summed E-state index contributed by atoms with van der Waals surface area (Å²) < 4.78 is 39.6. The van der Waals surface area contributed by atoms with Crippen molar-refractivity contribution in [2.45, 2.75) is 77.2 Å². The number of nitrogens with one attached hydrogen (secondary N) is 1. The Bertz CT molecular complexity index is 1070. The highest BCUT2D eigenvalue weighted by Crippen LogP contribution is 2.55. The van der Waals surface area contributed by atoms with Crippen molar-refractivity contribution in [2.24, 2.45) is 11.3 Å². The van der Waals surface area contributed by atoms with E-state index in [1.54, 1.807) is 4.90 Å². The van der Waals surface area contributed by atoms with Gasteiger partial charge in [0.15, 0.2) is 0 Å². The number of amides is 1. The van der Waals surface area contributed by atoms with Crippen LogP contribution in [0.15, 0.2) is 36.5 Å². The second-order valence-corrected chi connectivity index (χ2v) is 10.2. The molecule has 1 aromatic carbocycles. The lowest BCUT2D eigenvalue weighted by molar-refractivity contribution is -0.144. The van der Waals surface area contributed by atoms with Gasteiger partial charge in [0.25, 0.3) is 0 Å². The first-order chi connectivity index (χ1) is 16.3. The summed E-state index contributed by atoms with van der Waals surface area (Å²) in [6, 6.07) is 10.1. The SMILES string of the molecule is CCc1cccc(CNC2CC3CCCC3(C(=O)N3CCc4ncc(C(F)(F)F)cc4C3)C2)c1. The van der Waals surface area contributed by atoms with Gasteiger partial charge in [-0.25, -0.2) is 0 Å². The van der Waals surface area contributed by atoms with Crippen molar-refractivity contribution in [1.82, 2.24) is 15.2 Å². The Morgan fingerprint density at radius 3 is 2.88 bits per heavy atom. The van der Waals surface area contributed by atoms with Crippen molar-refractivity contribution in [3.8, 4) is 0 Å². The Labute approximate surface area is 198 Å². The van der Waals surface area contributed by atoms with Crippen LogP contribution in [0.25, 0.3) is 0 Å². The minimum atomic E-state index is -4.43. The Balaban J connectivity index is 1.28. The summed E-state index contributed by atoms with van der Waals surface area (Å²) in [5.74, 6) is 0.482. The monoisotopic (exact) mass is 471 g/mol. The van der Waals surface area contributed by atoms with Crippen LogP contribution in [0, 0.1) is 11.3 Å². The van der Waals surface area contributed by atoms with E-state index in [0.717, 1.165) is 51.3 Å². The summed E-state index contributed by atoms with van der Waals surface area (Å²) in [6.45, 7) is 3.69. The van der Waals surface area contributed by atoms with E-state index < -0.39 is 11.7 Å². The Hall–Kier alpha value is -2.41. The number of rotatable bonds is 5. The van der Waals surface area contributed by atoms with Crippen molar-refractivity contribution < 1.29 is 18.0 Å². The predicted molar refractivity (Wildman–Crippen MR) is 124 cm³/mol. The zero-order chi connectivity index (χ0) is 23.9. The number of alkyl halides is 3. The average molecular weight is 472 g/mol. The van der Waals surface area contributed by atoms with E-state index in [4.69, 9.17) is 0 Å². The zero-order valence-corrected chi connectivity index (χ0v) is 19.6. The highest BCUT2D eigenvalue weighted by atomic mass is 19.4. The second-order valence-electron chi connectivity index (χ2n) is 10.2. The molecule has 0 radical (unpaired) electrons. The smallest absolute Gasteiger partial charge is 0.337 e. The van der Waals surface area contributed by atoms with Crippen molar-refractivity contribution in [2.75, 3.05) is 6.54 Å². The van der Waals surface area contributed by atoms with E-state index >= 15 is 0 Å². The molecule has 4 nitrogen and oxygen atoms in total. The fraction of sp³-hybridized carbons (Fsp3) is 0.556. The molecule has 2 aromatic rings. The molecule has 0 spiro atoms. The molecule has 5 rings (SSSR count). The van der Waals surface area contributed by atoms with E-state index in [1.807, 2.05) is 0 Å². The highest BCUT2D eigenvalue weighted by Gasteiger charge is 2.56. The van der Waals surface area contributed by atoms with E-state index in [1.165, 1.54) is 17.2 Å². The lowest BCUT2D eigenvalue weighted by Gasteiger charge is -2.37. The second kappa shape index (κ2) is 8.99. The van der Waals surface area contributed by atoms with Gasteiger partial charge >= 0.3 is 6.18 Å². The van der Waals surface area contributed by atoms with E-state index in [2.05, 4.69) is 41.5 Å². The lowest BCUT2D eigenvalue weighted by Crippen LogP contribution is -2.46. The van der Waals surface area contributed by atoms with Crippen molar-refractivity contribution >= 4 is 5.91 Å². The van der Waals surface area contributed by atoms with Crippen LogP contribution in [0.4, 0.5) is 13.2 Å². The molecular weight excluding hydrogens is 439 g/mol. The summed E-state index contributed by atoms with van der Waals surface area (Å²) in [7, 11) is 0. The van der Waals surface area contributed by atoms with E-state index in [0.29, 0.717) is 30.1 Å². The van der Waals surface area contributed by atoms with Gasteiger partial charge in [-0.05, 0) is 60.8 Å². The number of carbonyl (C=O) groups is 1. The molecule has 1 aromatic heterocycles. The first-order valence-corrected chi connectivity index (χ1v) is 12.4. The quantitative estimate of drug-likeness (QED) is 0.645. The van der Waals surface area contributed by atoms with Gasteiger partial charge in [0.05, 0.1) is 11.0 Å². The number of halogens is 3. The molecule has 0 bridgehead atoms. The maximum absolute atomic E-state index is 13.9. The molecule has 7 heteroatoms. The van der Waals surface area contributed by atoms with Gasteiger partial charge in [-0.3, -0.25) is 9.78 Å². The minimum Gasteiger partial charge on any atom is -0.337 e. The standard InChI is InChI=1S/C27H32F3N3O/c1-2-18-5-3-6-19(11-18)15-31-23-13-21-7-4-9-26(21,14-23)25(34)33-10-8-24-20(17-33)12-22(16-32-24)27(28,29)30/h3,5-6,11-12,16,21,23,31H,2,4,7-10,13-15,17H2,1H3. The summed E-state index contributed by atoms with van der Waals surface area (Å²) in [5, 5.41) is 3.69. The molecule has 34 heavy (non-hydrogen) atoms. The summed E-state index contributed by atoms with van der Waals surface area (Å²) in [6.07, 6.45) is 2.79. The van der Waals surface area contributed by atoms with Crippen molar-refractivity contribution in [1.29, 1.82) is 0 Å². The van der Waals surface area contributed by atoms with E-state index in [9.17, 15) is 18.0 Å². The van der Waals surface area contributed by atoms with Crippen LogP contribution in [-0.4, -0.2) is 28.4 Å². The number of fused-ring (bicyclic) bond motifs is 2. The molecule has 182 valence electrons. The first-order valence-electron chi connectivity index (χ1n) is 12.4. The van der Waals surface area contributed by atoms with Crippen LogP contribution in [-0.2, 0) is 36.9 Å². The third-order valence-electron chi connectivity index (χ3n) is 8.21. The summed E-state index contributed by atoms with van der Waals surface area (Å²) in [4.78, 5) is 19.7. The number of aryl methyl sites for hydroxylation is 1. The predicted octanol–water partition coefficient (Wildman–Crippen LogP) is 5.29. The molecule has 2 heterocycles. The first kappa shape index (κ1) is 23.3. The van der Waals surface area contributed by atoms with Crippen LogP contribution in [0.2, 0.25) is 0 Å². The van der Waals surface area contributed by atoms with Crippen molar-refractivity contribution in [3.05, 3.63) is 64.5 Å². The van der Waals surface area contributed by atoms with Crippen LogP contribution < -0.4 is 5.32 Å². The number of pyridine rings is 1. The minimum absolute atomic E-state index is 0.135. The van der Waals surface area contributed by atoms with Gasteiger partial charge in [0.1, 0.15) is 0 Å². The fourth-order valence-corrected chi connectivity index (χ4v) is 6.44. The van der Waals surface area contributed by atoms with Crippen LogP contribution in [0.1, 0.15) is 67.0 Å². The molecule has 1 N–H and O–H groups in total. The Kier molecular flexibility index (Phi) is 6.17. The number of hydrogen-bond acceptors (Lipinski definition) is 3. The molecule has 1 aliphatic heterocycles. The fourth-order valence-electron chi connectivity index (χ4n) is 6.44. The topological polar surface area (TPSA) is 45.2 Å². The molecule has 0 saturated heterocycles. The summed E-state index contributed by atoms with van der Waals surface area (Å²) in [5.41, 5.74) is 2.67. The van der Waals surface area contributed by atoms with Gasteiger partial charge in [-0.2, -0.15) is 13.2 Å². The number of aromatic nitrogens is 1. The maximum atomic E-state index is 13.9. The molecular formula is C27H32F3N3O. The van der Waals surface area contributed by atoms with Crippen LogP contribution in [0.5, 0.6) is 0 Å². The number of nitrogens with zero attached hydrogens (tertiary/aromatic N) is 2. The number of hydrogen-bond donors (Lipinski definition) is 1. The van der Waals surface area contributed by atoms with Crippen LogP contribution in [0.3, 0.4) is 0 Å². The third kappa shape index (κ3) is 4.35. The Morgan fingerprint density at radius 2 is 2.09 bits per heavy atom. The largest absolute Gasteiger partial charge is 0.417 e. The number of carbonyl (C=O) groups excluding carboxylic acids is 1. The lowest BCUT2D eigenvalue weighted by atomic mass is 9.78. The molecule has 3 unspecified atom stereocenters. The zero-order valence-electron chi connectivity index (χ0n) is 19.6. The molecule has 1 amide bonds. The molecule has 3 aliphatic rings. The van der Waals surface area contributed by atoms with E-state index in [-0.39, 0.29) is 23.9 Å². The van der Waals surface area contributed by atoms with Gasteiger partial charge in [-0.15, -0.1) is 0 Å². The van der Waals surface area contributed by atoms with Crippen LogP contribution >= 0.6 is 0 Å². The average Bonchev–Trinajstić information content (AvgIpc) is 3.39. The Morgan fingerprint density at radius 1 is 1.26 bits per heavy atom. The van der Waals surface area contributed by atoms with Crippen molar-refractivity contribution in [3.63, 3.8) is 0 Å². The van der Waals surface area contributed by atoms with Gasteiger partial charge in [-0.1, -0.05) is 37.6 Å². The summed E-state index contributed by atoms with van der Waals surface area (Å²) >= 11 is 0. The molecule has 2 saturated carbocycles. The molecule has 2 aliphatic carbocycles. The number of benzene rings is 1. The third-order valence-corrected chi connectivity index (χ3v) is 8.21. The maximum Gasteiger partial charge on any atom is 0.417 e. The van der Waals surface area contributed by atoms with Gasteiger partial charge in [0.2, 0.25) is 5.91 Å².